The summed E-state index contributed by atoms with van der Waals surface area (Å²) in [5.74, 6) is 1.34. The van der Waals surface area contributed by atoms with Crippen LogP contribution >= 0.6 is 0 Å². The van der Waals surface area contributed by atoms with Crippen molar-refractivity contribution in [3.8, 4) is 22.6 Å². The van der Waals surface area contributed by atoms with Crippen molar-refractivity contribution in [3.63, 3.8) is 0 Å². The first-order chi connectivity index (χ1) is 16.6. The zero-order valence-corrected chi connectivity index (χ0v) is 19.4. The number of hydrogen-bond donors (Lipinski definition) is 0. The normalized spacial score (nSPS) is 11.3. The van der Waals surface area contributed by atoms with Gasteiger partial charge in [-0.1, -0.05) is 43.3 Å². The first-order valence-corrected chi connectivity index (χ1v) is 11.2. The molecule has 5 aromatic rings. The first kappa shape index (κ1) is 21.6. The van der Waals surface area contributed by atoms with Gasteiger partial charge in [0.2, 0.25) is 0 Å². The van der Waals surface area contributed by atoms with Crippen LogP contribution in [0.15, 0.2) is 65.6 Å². The highest BCUT2D eigenvalue weighted by molar-refractivity contribution is 5.84. The number of benzene rings is 2. The SMILES string of the molecule is CCc1nn2c(nnc3c(=O)n(CCc4ccc(OC)c(OC)c4)ccc32)c1-c1ccccc1. The number of hydrogen-bond acceptors (Lipinski definition) is 6. The van der Waals surface area contributed by atoms with Crippen LogP contribution in [0.2, 0.25) is 0 Å². The minimum Gasteiger partial charge on any atom is -0.493 e. The van der Waals surface area contributed by atoms with E-state index in [1.807, 2.05) is 54.6 Å². The lowest BCUT2D eigenvalue weighted by Gasteiger charge is -2.11. The quantitative estimate of drug-likeness (QED) is 0.370. The maximum atomic E-state index is 13.2. The number of aromatic nitrogens is 5. The monoisotopic (exact) mass is 455 g/mol. The van der Waals surface area contributed by atoms with Crippen molar-refractivity contribution in [2.75, 3.05) is 14.2 Å². The molecule has 0 unspecified atom stereocenters. The number of ether oxygens (including phenoxy) is 2. The minimum absolute atomic E-state index is 0.192. The van der Waals surface area contributed by atoms with Crippen LogP contribution in [0.1, 0.15) is 18.2 Å². The molecular weight excluding hydrogens is 430 g/mol. The van der Waals surface area contributed by atoms with E-state index in [0.717, 1.165) is 28.8 Å². The van der Waals surface area contributed by atoms with Gasteiger partial charge < -0.3 is 14.0 Å². The highest BCUT2D eigenvalue weighted by Crippen LogP contribution is 2.29. The van der Waals surface area contributed by atoms with Crippen LogP contribution in [0.3, 0.4) is 0 Å². The molecule has 0 aliphatic rings. The van der Waals surface area contributed by atoms with Gasteiger partial charge in [0.25, 0.3) is 5.56 Å². The van der Waals surface area contributed by atoms with E-state index in [4.69, 9.17) is 14.6 Å². The Bertz CT molecular complexity index is 1540. The molecule has 3 heterocycles. The van der Waals surface area contributed by atoms with Gasteiger partial charge in [0.1, 0.15) is 5.52 Å². The summed E-state index contributed by atoms with van der Waals surface area (Å²) in [6, 6.07) is 17.7. The van der Waals surface area contributed by atoms with E-state index in [2.05, 4.69) is 17.1 Å². The van der Waals surface area contributed by atoms with E-state index in [9.17, 15) is 4.79 Å². The van der Waals surface area contributed by atoms with Crippen molar-refractivity contribution in [2.45, 2.75) is 26.3 Å². The molecule has 0 N–H and O–H groups in total. The maximum absolute atomic E-state index is 13.2. The van der Waals surface area contributed by atoms with E-state index in [1.54, 1.807) is 29.5 Å². The average Bonchev–Trinajstić information content (AvgIpc) is 3.27. The Hall–Kier alpha value is -4.20. The van der Waals surface area contributed by atoms with Crippen LogP contribution in [0, 0.1) is 0 Å². The zero-order valence-electron chi connectivity index (χ0n) is 19.4. The third kappa shape index (κ3) is 3.67. The van der Waals surface area contributed by atoms with Crippen molar-refractivity contribution in [2.24, 2.45) is 0 Å². The van der Waals surface area contributed by atoms with Crippen molar-refractivity contribution >= 4 is 16.7 Å². The molecule has 172 valence electrons. The highest BCUT2D eigenvalue weighted by Gasteiger charge is 2.18. The fourth-order valence-corrected chi connectivity index (χ4v) is 4.24. The number of fused-ring (bicyclic) bond motifs is 3. The molecule has 0 radical (unpaired) electrons. The average molecular weight is 456 g/mol. The summed E-state index contributed by atoms with van der Waals surface area (Å²) < 4.78 is 14.1. The van der Waals surface area contributed by atoms with Crippen molar-refractivity contribution in [1.29, 1.82) is 0 Å². The second-order valence-electron chi connectivity index (χ2n) is 7.96. The fourth-order valence-electron chi connectivity index (χ4n) is 4.24. The third-order valence-corrected chi connectivity index (χ3v) is 6.01. The molecule has 2 aromatic carbocycles. The molecule has 0 aliphatic heterocycles. The lowest BCUT2D eigenvalue weighted by molar-refractivity contribution is 0.354. The van der Waals surface area contributed by atoms with Crippen molar-refractivity contribution < 1.29 is 9.47 Å². The summed E-state index contributed by atoms with van der Waals surface area (Å²) in [6.45, 7) is 2.56. The van der Waals surface area contributed by atoms with Gasteiger partial charge in [-0.3, -0.25) is 4.79 Å². The van der Waals surface area contributed by atoms with E-state index >= 15 is 0 Å². The Morgan fingerprint density at radius 3 is 2.47 bits per heavy atom. The topological polar surface area (TPSA) is 83.5 Å². The number of methoxy groups -OCH3 is 2. The van der Waals surface area contributed by atoms with Crippen molar-refractivity contribution in [1.82, 2.24) is 24.4 Å². The van der Waals surface area contributed by atoms with Gasteiger partial charge in [-0.05, 0) is 42.2 Å². The van der Waals surface area contributed by atoms with Crippen LogP contribution in [0.4, 0.5) is 0 Å². The molecule has 0 saturated heterocycles. The summed E-state index contributed by atoms with van der Waals surface area (Å²) >= 11 is 0. The predicted molar refractivity (Wildman–Crippen MR) is 131 cm³/mol. The molecule has 5 rings (SSSR count). The van der Waals surface area contributed by atoms with Gasteiger partial charge >= 0.3 is 0 Å². The molecule has 0 saturated carbocycles. The smallest absolute Gasteiger partial charge is 0.280 e. The zero-order chi connectivity index (χ0) is 23.7. The third-order valence-electron chi connectivity index (χ3n) is 6.01. The highest BCUT2D eigenvalue weighted by atomic mass is 16.5. The van der Waals surface area contributed by atoms with E-state index in [0.29, 0.717) is 41.1 Å². The summed E-state index contributed by atoms with van der Waals surface area (Å²) in [4.78, 5) is 13.2. The number of pyridine rings is 1. The van der Waals surface area contributed by atoms with Gasteiger partial charge in [0, 0.05) is 12.7 Å². The number of nitrogens with zero attached hydrogens (tertiary/aromatic N) is 5. The van der Waals surface area contributed by atoms with Crippen LogP contribution < -0.4 is 15.0 Å². The number of aryl methyl sites for hydroxylation is 3. The van der Waals surface area contributed by atoms with Crippen LogP contribution in [0.5, 0.6) is 11.5 Å². The molecule has 3 aromatic heterocycles. The van der Waals surface area contributed by atoms with Crippen molar-refractivity contribution in [3.05, 3.63) is 82.4 Å². The maximum Gasteiger partial charge on any atom is 0.280 e. The molecule has 8 nitrogen and oxygen atoms in total. The van der Waals surface area contributed by atoms with Gasteiger partial charge in [0.15, 0.2) is 22.7 Å². The van der Waals surface area contributed by atoms with Crippen LogP contribution in [-0.4, -0.2) is 38.6 Å². The Morgan fingerprint density at radius 2 is 1.74 bits per heavy atom. The van der Waals surface area contributed by atoms with Gasteiger partial charge in [-0.2, -0.15) is 5.10 Å². The van der Waals surface area contributed by atoms with Crippen LogP contribution in [0.25, 0.3) is 27.8 Å². The summed E-state index contributed by atoms with van der Waals surface area (Å²) in [6.07, 6.45) is 3.20. The molecule has 0 atom stereocenters. The molecule has 0 bridgehead atoms. The van der Waals surface area contributed by atoms with Gasteiger partial charge in [-0.25, -0.2) is 4.52 Å². The number of rotatable bonds is 7. The second kappa shape index (κ2) is 8.97. The second-order valence-corrected chi connectivity index (χ2v) is 7.96. The lowest BCUT2D eigenvalue weighted by Crippen LogP contribution is -2.22. The summed E-state index contributed by atoms with van der Waals surface area (Å²) in [5.41, 5.74) is 5.35. The summed E-state index contributed by atoms with van der Waals surface area (Å²) in [7, 11) is 3.22. The molecule has 0 fully saturated rings. The van der Waals surface area contributed by atoms with Gasteiger partial charge in [0.05, 0.1) is 25.5 Å². The molecule has 0 aliphatic carbocycles. The molecule has 0 spiro atoms. The minimum atomic E-state index is -0.192. The Kier molecular flexibility index (Phi) is 5.71. The Balaban J connectivity index is 1.53. The molecule has 34 heavy (non-hydrogen) atoms. The lowest BCUT2D eigenvalue weighted by atomic mass is 10.0. The van der Waals surface area contributed by atoms with E-state index in [-0.39, 0.29) is 5.56 Å². The molecule has 0 amide bonds. The fraction of sp³-hybridized carbons (Fsp3) is 0.231. The Labute approximate surface area is 196 Å². The molecule has 8 heteroatoms. The standard InChI is InChI=1S/C26H25N5O3/c1-4-19-23(18-8-6-5-7-9-18)25-28-27-24-20(31(25)29-19)13-15-30(26(24)32)14-12-17-10-11-21(33-2)22(16-17)34-3/h5-11,13,15-16H,4,12,14H2,1-3H3. The van der Waals surface area contributed by atoms with Crippen LogP contribution in [-0.2, 0) is 19.4 Å². The van der Waals surface area contributed by atoms with Gasteiger partial charge in [-0.15, -0.1) is 10.2 Å². The first-order valence-electron chi connectivity index (χ1n) is 11.2. The summed E-state index contributed by atoms with van der Waals surface area (Å²) in [5, 5.41) is 13.5. The van der Waals surface area contributed by atoms with E-state index < -0.39 is 0 Å². The molecular formula is C26H25N5O3. The Morgan fingerprint density at radius 1 is 0.941 bits per heavy atom. The van der Waals surface area contributed by atoms with E-state index in [1.165, 1.54) is 0 Å². The predicted octanol–water partition coefficient (Wildman–Crippen LogP) is 3.93. The largest absolute Gasteiger partial charge is 0.493 e.